The van der Waals surface area contributed by atoms with Crippen molar-refractivity contribution in [3.63, 3.8) is 0 Å². The number of ketones is 2. The van der Waals surface area contributed by atoms with E-state index in [0.29, 0.717) is 6.61 Å². The van der Waals surface area contributed by atoms with E-state index < -0.39 is 18.5 Å². The maximum atomic E-state index is 10.6. The summed E-state index contributed by atoms with van der Waals surface area (Å²) < 4.78 is 30.7. The summed E-state index contributed by atoms with van der Waals surface area (Å²) in [4.78, 5) is 72.8. The van der Waals surface area contributed by atoms with Crippen molar-refractivity contribution in [2.75, 3.05) is 48.0 Å². The lowest BCUT2D eigenvalue weighted by molar-refractivity contribution is -0.156. The van der Waals surface area contributed by atoms with Crippen molar-refractivity contribution in [2.45, 2.75) is 73.4 Å². The molecule has 0 saturated carbocycles. The van der Waals surface area contributed by atoms with Crippen molar-refractivity contribution in [3.05, 3.63) is 44.7 Å². The van der Waals surface area contributed by atoms with Gasteiger partial charge < -0.3 is 44.4 Å². The van der Waals surface area contributed by atoms with E-state index in [1.54, 1.807) is 40.2 Å². The Morgan fingerprint density at radius 3 is 1.49 bits per heavy atom. The zero-order valence-corrected chi connectivity index (χ0v) is 37.3. The summed E-state index contributed by atoms with van der Waals surface area (Å²) in [6, 6.07) is 3.03. The van der Waals surface area contributed by atoms with Gasteiger partial charge in [-0.05, 0) is 33.5 Å². The maximum absolute atomic E-state index is 10.6. The van der Waals surface area contributed by atoms with Gasteiger partial charge in [-0.15, -0.1) is 0 Å². The van der Waals surface area contributed by atoms with Crippen molar-refractivity contribution < 1.29 is 52.4 Å². The van der Waals surface area contributed by atoms with E-state index in [9.17, 15) is 33.6 Å². The molecule has 12 N–H and O–H groups in total. The molecule has 1 amide bonds. The van der Waals surface area contributed by atoms with E-state index in [1.807, 2.05) is 32.0 Å². The molecular formula is C33H69BrN10O13. The Morgan fingerprint density at radius 1 is 0.877 bits per heavy atom. The molecule has 0 aliphatic heterocycles. The van der Waals surface area contributed by atoms with Crippen LogP contribution in [0, 0.1) is 18.3 Å². The number of aryl methyl sites for hydroxylation is 3. The monoisotopic (exact) mass is 892 g/mol. The molecule has 24 heteroatoms. The Hall–Kier alpha value is -4.56. The second-order valence-corrected chi connectivity index (χ2v) is 10.2. The number of ether oxygens (including phenoxy) is 6. The molecule has 2 rings (SSSR count). The molecule has 336 valence electrons. The fourth-order valence-electron chi connectivity index (χ4n) is 2.40. The number of H-pyrrole nitrogens is 2. The minimum atomic E-state index is -0.511. The first kappa shape index (κ1) is 67.2. The SMILES string of the molecule is CBr.CC(=O)C(C)C.CCOC(=O)CC(C)=O.COC(=O)CC(OC)OC.COC(CC(=O)NN)OC.Cc1cc(=O)n(C)[nH]1.Cn1[nH]ccc1=O.N=CN.NN. The van der Waals surface area contributed by atoms with Crippen LogP contribution < -0.4 is 39.8 Å². The summed E-state index contributed by atoms with van der Waals surface area (Å²) in [5.74, 6) is 13.9. The van der Waals surface area contributed by atoms with E-state index in [1.165, 1.54) is 57.9 Å². The van der Waals surface area contributed by atoms with Crippen molar-refractivity contribution in [3.8, 4) is 0 Å². The Morgan fingerprint density at radius 2 is 1.30 bits per heavy atom. The highest BCUT2D eigenvalue weighted by Crippen LogP contribution is 1.98. The number of nitrogens with one attached hydrogen (secondary N) is 4. The quantitative estimate of drug-likeness (QED) is 0.0160. The Labute approximate surface area is 343 Å². The third-order valence-corrected chi connectivity index (χ3v) is 5.48. The number of halogens is 1. The summed E-state index contributed by atoms with van der Waals surface area (Å²) in [6.45, 7) is 10.6. The van der Waals surface area contributed by atoms with Crippen molar-refractivity contribution in [1.29, 1.82) is 5.41 Å². The number of aromatic nitrogens is 4. The van der Waals surface area contributed by atoms with Crippen LogP contribution in [0.2, 0.25) is 0 Å². The van der Waals surface area contributed by atoms with E-state index >= 15 is 0 Å². The number of amides is 1. The molecule has 2 aromatic rings. The zero-order chi connectivity index (χ0) is 46.5. The number of aromatic amines is 2. The molecule has 0 aliphatic carbocycles. The van der Waals surface area contributed by atoms with Crippen molar-refractivity contribution >= 4 is 51.7 Å². The van der Waals surface area contributed by atoms with E-state index in [2.05, 4.69) is 53.0 Å². The molecule has 0 unspecified atom stereocenters. The minimum Gasteiger partial charge on any atom is -0.469 e. The van der Waals surface area contributed by atoms with Gasteiger partial charge >= 0.3 is 11.9 Å². The number of nitrogens with zero attached hydrogens (tertiary/aromatic N) is 2. The summed E-state index contributed by atoms with van der Waals surface area (Å²) in [7, 11) is 10.5. The molecule has 0 bridgehead atoms. The highest BCUT2D eigenvalue weighted by atomic mass is 79.9. The first-order valence-corrected chi connectivity index (χ1v) is 18.0. The number of methoxy groups -OCH3 is 5. The molecule has 0 radical (unpaired) electrons. The first-order valence-electron chi connectivity index (χ1n) is 16.4. The molecular weight excluding hydrogens is 824 g/mol. The van der Waals surface area contributed by atoms with Crippen LogP contribution in [-0.2, 0) is 66.5 Å². The lowest BCUT2D eigenvalue weighted by Crippen LogP contribution is -2.33. The second kappa shape index (κ2) is 49.5. The summed E-state index contributed by atoms with van der Waals surface area (Å²) >= 11 is 2.94. The molecule has 0 fully saturated rings. The third-order valence-electron chi connectivity index (χ3n) is 5.48. The number of Topliss-reactive ketones (excluding diaryl/α,β-unsaturated/α-hetero) is 2. The van der Waals surface area contributed by atoms with Gasteiger partial charge in [-0.25, -0.2) is 5.84 Å². The van der Waals surface area contributed by atoms with Gasteiger partial charge in [0.05, 0.1) is 32.9 Å². The van der Waals surface area contributed by atoms with Gasteiger partial charge in [0.2, 0.25) is 5.91 Å². The lowest BCUT2D eigenvalue weighted by Gasteiger charge is -2.10. The second-order valence-electron chi connectivity index (χ2n) is 10.2. The Balaban J connectivity index is -0.000000102. The predicted octanol–water partition coefficient (Wildman–Crippen LogP) is 0.0310. The van der Waals surface area contributed by atoms with Crippen LogP contribution in [-0.4, -0.2) is 116 Å². The number of nitrogens with two attached hydrogens (primary N) is 4. The van der Waals surface area contributed by atoms with Crippen LogP contribution in [0.25, 0.3) is 0 Å². The van der Waals surface area contributed by atoms with Gasteiger partial charge in [0.1, 0.15) is 18.0 Å². The van der Waals surface area contributed by atoms with Gasteiger partial charge in [0.25, 0.3) is 11.1 Å². The van der Waals surface area contributed by atoms with Crippen LogP contribution in [0.15, 0.2) is 27.9 Å². The summed E-state index contributed by atoms with van der Waals surface area (Å²) in [5.41, 5.74) is 7.27. The highest BCUT2D eigenvalue weighted by Gasteiger charge is 2.11. The zero-order valence-electron chi connectivity index (χ0n) is 35.8. The minimum absolute atomic E-state index is 0.000000000000000222. The van der Waals surface area contributed by atoms with E-state index in [4.69, 9.17) is 30.2 Å². The molecule has 0 aromatic carbocycles. The fraction of sp³-hybridized carbons (Fsp3) is 0.636. The molecule has 0 saturated heterocycles. The number of carbonyl (C=O) groups is 5. The maximum Gasteiger partial charge on any atom is 0.313 e. The van der Waals surface area contributed by atoms with Crippen LogP contribution in [0.4, 0.5) is 0 Å². The summed E-state index contributed by atoms with van der Waals surface area (Å²) in [5, 5.41) is 11.3. The number of esters is 2. The van der Waals surface area contributed by atoms with Crippen LogP contribution in [0.1, 0.15) is 59.6 Å². The molecule has 2 aromatic heterocycles. The number of alkyl halides is 1. The van der Waals surface area contributed by atoms with E-state index in [-0.39, 0.29) is 59.7 Å². The number of hydrogen-bond acceptors (Lipinski definition) is 17. The van der Waals surface area contributed by atoms with Gasteiger partial charge in [0, 0.05) is 72.5 Å². The predicted molar refractivity (Wildman–Crippen MR) is 220 cm³/mol. The number of rotatable bonds is 12. The van der Waals surface area contributed by atoms with Gasteiger partial charge in [-0.1, -0.05) is 29.8 Å². The average molecular weight is 894 g/mol. The number of hydrogen-bond donors (Lipinski definition) is 8. The number of hydrazine groups is 2. The smallest absolute Gasteiger partial charge is 0.313 e. The van der Waals surface area contributed by atoms with Crippen LogP contribution in [0.5, 0.6) is 0 Å². The van der Waals surface area contributed by atoms with Crippen LogP contribution >= 0.6 is 15.9 Å². The topological polar surface area (TPSA) is 356 Å². The fourth-order valence-corrected chi connectivity index (χ4v) is 2.40. The average Bonchev–Trinajstić information content (AvgIpc) is 3.70. The largest absolute Gasteiger partial charge is 0.469 e. The Kier molecular flexibility index (Phi) is 58.3. The van der Waals surface area contributed by atoms with Gasteiger partial charge in [0.15, 0.2) is 12.6 Å². The number of carbonyl (C=O) groups excluding carboxylic acids is 5. The van der Waals surface area contributed by atoms with Crippen LogP contribution in [0.3, 0.4) is 0 Å². The first-order chi connectivity index (χ1) is 26.7. The lowest BCUT2D eigenvalue weighted by atomic mass is 10.1. The molecule has 0 spiro atoms. The highest BCUT2D eigenvalue weighted by molar-refractivity contribution is 9.08. The molecule has 57 heavy (non-hydrogen) atoms. The molecule has 23 nitrogen and oxygen atoms in total. The van der Waals surface area contributed by atoms with Gasteiger partial charge in [-0.3, -0.25) is 65.4 Å². The summed E-state index contributed by atoms with van der Waals surface area (Å²) in [6.07, 6.45) is 1.49. The van der Waals surface area contributed by atoms with Crippen molar-refractivity contribution in [1.82, 2.24) is 25.0 Å². The third kappa shape index (κ3) is 53.6. The van der Waals surface area contributed by atoms with E-state index in [0.717, 1.165) is 12.0 Å². The molecule has 2 heterocycles. The standard InChI is InChI=1S/C6H12O4.C6H10O3.C5H12N2O3.C5H8N2O.C5H10O.C4H6N2O.CH3Br.CH4N2.H4N2/c1-8-5(7)4-6(9-2)10-3;1-3-9-6(8)4-5(2)7;1-9-5(10-2)3-4(8)7-6;1-4-3-5(8)7(2)6-4;1-4(2)5(3)6;1-6-4(7)2-3-5-6;1-2;2-1-3;1-2/h6H,4H2,1-3H3;3-4H2,1-2H3;5H,3,6H2,1-2H3,(H,7,8);3,6H,1-2H3;4H,1-3H3;2-3,5H,1H3;1H3;1H,(H3,2,3);1-2H2. The molecule has 0 atom stereocenters. The Bertz CT molecular complexity index is 1350. The molecule has 0 aliphatic rings. The van der Waals surface area contributed by atoms with Crippen molar-refractivity contribution in [2.24, 2.45) is 43.3 Å². The van der Waals surface area contributed by atoms with Gasteiger partial charge in [-0.2, -0.15) is 0 Å². The normalized spacial score (nSPS) is 8.79.